The molecule has 4 aromatic heterocycles. The van der Waals surface area contributed by atoms with Crippen LogP contribution >= 0.6 is 0 Å². The Morgan fingerprint density at radius 2 is 1.40 bits per heavy atom. The number of hydrogen-bond donors (Lipinski definition) is 0. The molecule has 8 rings (SSSR count). The highest BCUT2D eigenvalue weighted by Crippen LogP contribution is 2.30. The Bertz CT molecular complexity index is 2320. The molecule has 0 atom stereocenters. The molecule has 204 valence electrons. The number of benzene rings is 4. The van der Waals surface area contributed by atoms with Crippen molar-refractivity contribution in [2.45, 2.75) is 20.8 Å². The Hall–Kier alpha value is -5.29. The third kappa shape index (κ3) is 4.11. The number of pyridine rings is 3. The standard InChI is InChI=1S/C38H29BN4/c1-24-20-25(2)36(26(3)21-24)39(28-11-8-10-27(22-28)32-13-6-7-18-40-32)29-16-17-34-31(23-29)37-30(12-9-19-41-37)38-42-33-14-4-5-15-35(33)43(34)38/h4-23H,1-3H3. The molecule has 0 N–H and O–H groups in total. The van der Waals surface area contributed by atoms with Gasteiger partial charge in [-0.2, -0.15) is 0 Å². The van der Waals surface area contributed by atoms with E-state index in [4.69, 9.17) is 9.97 Å². The van der Waals surface area contributed by atoms with Gasteiger partial charge in [0.15, 0.2) is 0 Å². The van der Waals surface area contributed by atoms with Gasteiger partial charge in [0.05, 0.1) is 27.8 Å². The molecule has 0 aliphatic rings. The summed E-state index contributed by atoms with van der Waals surface area (Å²) in [5.74, 6) is 0. The second-order valence-electron chi connectivity index (χ2n) is 11.5. The predicted octanol–water partition coefficient (Wildman–Crippen LogP) is 6.69. The zero-order chi connectivity index (χ0) is 29.1. The highest BCUT2D eigenvalue weighted by molar-refractivity contribution is 6.96. The van der Waals surface area contributed by atoms with Crippen LogP contribution in [0.1, 0.15) is 16.7 Å². The second-order valence-corrected chi connectivity index (χ2v) is 11.5. The fraction of sp³-hybridized carbons (Fsp3) is 0.0789. The van der Waals surface area contributed by atoms with E-state index in [0.29, 0.717) is 0 Å². The minimum absolute atomic E-state index is 0.0302. The molecule has 4 heterocycles. The van der Waals surface area contributed by atoms with Crippen molar-refractivity contribution < 1.29 is 0 Å². The molecule has 0 unspecified atom stereocenters. The van der Waals surface area contributed by atoms with Crippen molar-refractivity contribution in [3.63, 3.8) is 0 Å². The lowest BCUT2D eigenvalue weighted by molar-refractivity contribution is 1.30. The molecule has 0 saturated heterocycles. The van der Waals surface area contributed by atoms with Gasteiger partial charge < -0.3 is 0 Å². The summed E-state index contributed by atoms with van der Waals surface area (Å²) in [5.41, 5.74) is 14.9. The molecule has 0 radical (unpaired) electrons. The van der Waals surface area contributed by atoms with Gasteiger partial charge in [-0.3, -0.25) is 14.4 Å². The van der Waals surface area contributed by atoms with Gasteiger partial charge in [0.2, 0.25) is 6.71 Å². The summed E-state index contributed by atoms with van der Waals surface area (Å²) in [7, 11) is 0. The molecule has 43 heavy (non-hydrogen) atoms. The van der Waals surface area contributed by atoms with Crippen molar-refractivity contribution in [3.8, 4) is 11.3 Å². The quantitative estimate of drug-likeness (QED) is 0.181. The van der Waals surface area contributed by atoms with Crippen LogP contribution in [-0.4, -0.2) is 26.1 Å². The summed E-state index contributed by atoms with van der Waals surface area (Å²) < 4.78 is 2.29. The molecule has 0 amide bonds. The summed E-state index contributed by atoms with van der Waals surface area (Å²) >= 11 is 0. The van der Waals surface area contributed by atoms with E-state index in [0.717, 1.165) is 49.7 Å². The fourth-order valence-corrected chi connectivity index (χ4v) is 6.95. The molecule has 4 nitrogen and oxygen atoms in total. The zero-order valence-electron chi connectivity index (χ0n) is 24.4. The topological polar surface area (TPSA) is 43.1 Å². The first-order valence-corrected chi connectivity index (χ1v) is 14.7. The Morgan fingerprint density at radius 3 is 2.23 bits per heavy atom. The third-order valence-electron chi connectivity index (χ3n) is 8.67. The highest BCUT2D eigenvalue weighted by atomic mass is 15.0. The third-order valence-corrected chi connectivity index (χ3v) is 8.67. The van der Waals surface area contributed by atoms with Crippen molar-refractivity contribution >= 4 is 61.6 Å². The van der Waals surface area contributed by atoms with Gasteiger partial charge in [-0.15, -0.1) is 0 Å². The Morgan fingerprint density at radius 1 is 0.605 bits per heavy atom. The van der Waals surface area contributed by atoms with Crippen LogP contribution in [0.4, 0.5) is 0 Å². The van der Waals surface area contributed by atoms with Gasteiger partial charge in [-0.1, -0.05) is 99.8 Å². The second kappa shape index (κ2) is 9.92. The Balaban J connectivity index is 1.44. The van der Waals surface area contributed by atoms with Crippen molar-refractivity contribution in [2.75, 3.05) is 0 Å². The van der Waals surface area contributed by atoms with E-state index < -0.39 is 0 Å². The summed E-state index contributed by atoms with van der Waals surface area (Å²) in [6.07, 6.45) is 3.74. The van der Waals surface area contributed by atoms with Crippen LogP contribution in [0.15, 0.2) is 122 Å². The maximum Gasteiger partial charge on any atom is 0.241 e. The predicted molar refractivity (Wildman–Crippen MR) is 180 cm³/mol. The van der Waals surface area contributed by atoms with Gasteiger partial charge in [0.1, 0.15) is 5.65 Å². The van der Waals surface area contributed by atoms with Gasteiger partial charge in [-0.25, -0.2) is 4.98 Å². The average molecular weight is 552 g/mol. The molecule has 0 fully saturated rings. The van der Waals surface area contributed by atoms with Crippen LogP contribution < -0.4 is 16.4 Å². The lowest BCUT2D eigenvalue weighted by Gasteiger charge is -2.22. The summed E-state index contributed by atoms with van der Waals surface area (Å²) in [5, 5.41) is 2.18. The largest absolute Gasteiger partial charge is 0.292 e. The number of para-hydroxylation sites is 2. The maximum absolute atomic E-state index is 5.03. The minimum Gasteiger partial charge on any atom is -0.292 e. The molecular weight excluding hydrogens is 523 g/mol. The van der Waals surface area contributed by atoms with Crippen LogP contribution in [0.3, 0.4) is 0 Å². The maximum atomic E-state index is 5.03. The number of aromatic nitrogens is 4. The van der Waals surface area contributed by atoms with E-state index in [1.54, 1.807) is 0 Å². The van der Waals surface area contributed by atoms with Crippen molar-refractivity contribution in [1.82, 2.24) is 19.4 Å². The van der Waals surface area contributed by atoms with E-state index in [2.05, 4.69) is 115 Å². The smallest absolute Gasteiger partial charge is 0.241 e. The summed E-state index contributed by atoms with van der Waals surface area (Å²) in [6, 6.07) is 39.0. The number of nitrogens with zero attached hydrogens (tertiary/aromatic N) is 4. The first-order chi connectivity index (χ1) is 21.1. The van der Waals surface area contributed by atoms with Crippen molar-refractivity contribution in [3.05, 3.63) is 138 Å². The molecule has 5 heteroatoms. The molecule has 4 aromatic carbocycles. The fourth-order valence-electron chi connectivity index (χ4n) is 6.95. The first kappa shape index (κ1) is 25.4. The first-order valence-electron chi connectivity index (χ1n) is 14.7. The molecule has 0 aliphatic heterocycles. The van der Waals surface area contributed by atoms with Gasteiger partial charge in [-0.05, 0) is 68.8 Å². The van der Waals surface area contributed by atoms with Crippen LogP contribution in [0.2, 0.25) is 0 Å². The SMILES string of the molecule is Cc1cc(C)c(B(c2cccc(-c3ccccn3)c2)c2ccc3c(c2)c2ncccc2c2nc4ccccc4n32)c(C)c1. The average Bonchev–Trinajstić information content (AvgIpc) is 3.43. The Labute approximate surface area is 250 Å². The van der Waals surface area contributed by atoms with E-state index >= 15 is 0 Å². The number of hydrogen-bond acceptors (Lipinski definition) is 3. The molecule has 0 spiro atoms. The van der Waals surface area contributed by atoms with E-state index in [-0.39, 0.29) is 6.71 Å². The highest BCUT2D eigenvalue weighted by Gasteiger charge is 2.27. The normalized spacial score (nSPS) is 11.6. The number of aryl methyl sites for hydroxylation is 3. The summed E-state index contributed by atoms with van der Waals surface area (Å²) in [6.45, 7) is 6.69. The number of fused-ring (bicyclic) bond motifs is 8. The monoisotopic (exact) mass is 552 g/mol. The van der Waals surface area contributed by atoms with E-state index in [9.17, 15) is 0 Å². The lowest BCUT2D eigenvalue weighted by atomic mass is 9.35. The lowest BCUT2D eigenvalue weighted by Crippen LogP contribution is -2.54. The minimum atomic E-state index is 0.0302. The molecule has 0 bridgehead atoms. The van der Waals surface area contributed by atoms with Crippen molar-refractivity contribution in [2.24, 2.45) is 0 Å². The molecule has 8 aromatic rings. The van der Waals surface area contributed by atoms with Gasteiger partial charge in [0, 0.05) is 23.2 Å². The molecule has 0 saturated carbocycles. The zero-order valence-corrected chi connectivity index (χ0v) is 24.4. The molecule has 0 aliphatic carbocycles. The summed E-state index contributed by atoms with van der Waals surface area (Å²) in [4.78, 5) is 14.6. The Kier molecular flexibility index (Phi) is 5.86. The van der Waals surface area contributed by atoms with Gasteiger partial charge in [0.25, 0.3) is 0 Å². The van der Waals surface area contributed by atoms with E-state index in [1.807, 2.05) is 36.7 Å². The molecular formula is C38H29BN4. The van der Waals surface area contributed by atoms with Crippen LogP contribution in [-0.2, 0) is 0 Å². The van der Waals surface area contributed by atoms with Crippen LogP contribution in [0, 0.1) is 20.8 Å². The number of imidazole rings is 1. The number of rotatable bonds is 4. The van der Waals surface area contributed by atoms with Crippen LogP contribution in [0.25, 0.3) is 49.7 Å². The van der Waals surface area contributed by atoms with E-state index in [1.165, 1.54) is 33.1 Å². The van der Waals surface area contributed by atoms with Crippen LogP contribution in [0.5, 0.6) is 0 Å². The van der Waals surface area contributed by atoms with Gasteiger partial charge >= 0.3 is 0 Å². The van der Waals surface area contributed by atoms with Crippen molar-refractivity contribution in [1.29, 1.82) is 0 Å².